The normalized spacial score (nSPS) is 11.0. The Balaban J connectivity index is 0.000000168. The number of rotatable bonds is 2. The molecule has 88 valence electrons. The lowest BCUT2D eigenvalue weighted by atomic mass is 10.3. The highest BCUT2D eigenvalue weighted by molar-refractivity contribution is 5.71. The molecule has 4 nitrogen and oxygen atoms in total. The molecule has 0 aliphatic rings. The lowest BCUT2D eigenvalue weighted by molar-refractivity contribution is -0.870. The molecule has 1 N–H and O–H groups in total. The molecule has 16 heavy (non-hydrogen) atoms. The summed E-state index contributed by atoms with van der Waals surface area (Å²) in [5.41, 5.74) is 1.76. The topological polar surface area (TPSA) is 46.3 Å². The van der Waals surface area contributed by atoms with Gasteiger partial charge in [-0.1, -0.05) is 12.1 Å². The van der Waals surface area contributed by atoms with Gasteiger partial charge in [-0.15, -0.1) is 0 Å². The van der Waals surface area contributed by atoms with Crippen LogP contribution in [0, 0.1) is 0 Å². The quantitative estimate of drug-likeness (QED) is 0.785. The Labute approximate surface area is 95.7 Å². The van der Waals surface area contributed by atoms with Crippen molar-refractivity contribution in [3.63, 3.8) is 0 Å². The van der Waals surface area contributed by atoms with Crippen LogP contribution >= 0.6 is 0 Å². The summed E-state index contributed by atoms with van der Waals surface area (Å²) in [4.78, 5) is 3.95. The van der Waals surface area contributed by atoms with Gasteiger partial charge in [0, 0.05) is 0 Å². The summed E-state index contributed by atoms with van der Waals surface area (Å²) < 4.78 is 5.85. The van der Waals surface area contributed by atoms with Crippen molar-refractivity contribution in [1.29, 1.82) is 0 Å². The Kier molecular flexibility index (Phi) is 4.46. The van der Waals surface area contributed by atoms with Crippen LogP contribution in [-0.4, -0.2) is 48.9 Å². The van der Waals surface area contributed by atoms with Gasteiger partial charge in [-0.3, -0.25) is 0 Å². The third-order valence-electron chi connectivity index (χ3n) is 2.01. The van der Waals surface area contributed by atoms with E-state index in [-0.39, 0.29) is 6.61 Å². The Morgan fingerprint density at radius 3 is 2.44 bits per heavy atom. The Morgan fingerprint density at radius 1 is 1.25 bits per heavy atom. The molecule has 0 bridgehead atoms. The van der Waals surface area contributed by atoms with Crippen molar-refractivity contribution in [3.8, 4) is 0 Å². The summed E-state index contributed by atoms with van der Waals surface area (Å²) in [6.45, 7) is 1.11. The predicted molar refractivity (Wildman–Crippen MR) is 64.0 cm³/mol. The zero-order valence-corrected chi connectivity index (χ0v) is 10.1. The van der Waals surface area contributed by atoms with E-state index >= 15 is 0 Å². The smallest absolute Gasteiger partial charge is 0.181 e. The van der Waals surface area contributed by atoms with Gasteiger partial charge in [0.15, 0.2) is 12.0 Å². The first kappa shape index (κ1) is 12.7. The number of fused-ring (bicyclic) bond motifs is 1. The minimum atomic E-state index is 0.281. The summed E-state index contributed by atoms with van der Waals surface area (Å²) in [7, 11) is 6.16. The SMILES string of the molecule is C[N+](C)(C)CCO.c1ccc2ocnc2c1. The maximum atomic E-state index is 8.39. The average Bonchev–Trinajstić information content (AvgIpc) is 2.64. The fourth-order valence-electron chi connectivity index (χ4n) is 1.10. The van der Waals surface area contributed by atoms with Gasteiger partial charge in [-0.25, -0.2) is 4.98 Å². The number of aliphatic hydroxyl groups is 1. The molecular formula is C12H19N2O2+. The van der Waals surface area contributed by atoms with Crippen molar-refractivity contribution < 1.29 is 14.0 Å². The van der Waals surface area contributed by atoms with Gasteiger partial charge in [0.1, 0.15) is 12.1 Å². The number of nitrogens with zero attached hydrogens (tertiary/aromatic N) is 2. The highest BCUT2D eigenvalue weighted by atomic mass is 16.3. The van der Waals surface area contributed by atoms with E-state index in [9.17, 15) is 0 Å². The number of hydrogen-bond acceptors (Lipinski definition) is 3. The second-order valence-corrected chi connectivity index (χ2v) is 4.56. The number of aliphatic hydroxyl groups excluding tert-OH is 1. The van der Waals surface area contributed by atoms with Crippen LogP contribution in [0.4, 0.5) is 0 Å². The maximum absolute atomic E-state index is 8.39. The zero-order chi connectivity index (χ0) is 12.0. The van der Waals surface area contributed by atoms with Crippen LogP contribution in [0.1, 0.15) is 0 Å². The number of likely N-dealkylation sites (N-methyl/N-ethyl adjacent to an activating group) is 1. The lowest BCUT2D eigenvalue weighted by Crippen LogP contribution is -2.36. The van der Waals surface area contributed by atoms with Gasteiger partial charge in [-0.2, -0.15) is 0 Å². The van der Waals surface area contributed by atoms with Crippen LogP contribution < -0.4 is 0 Å². The average molecular weight is 223 g/mol. The second-order valence-electron chi connectivity index (χ2n) is 4.56. The molecule has 0 saturated carbocycles. The molecule has 2 rings (SSSR count). The molecule has 1 aromatic carbocycles. The van der Waals surface area contributed by atoms with E-state index in [2.05, 4.69) is 26.1 Å². The second kappa shape index (κ2) is 5.63. The van der Waals surface area contributed by atoms with Crippen LogP contribution in [0.15, 0.2) is 35.1 Å². The standard InChI is InChI=1S/C7H5NO.C5H14NO/c1-2-4-7-6(3-1)8-5-9-7;1-6(2,3)4-5-7/h1-5H;7H,4-5H2,1-3H3/q;+1. The van der Waals surface area contributed by atoms with Crippen LogP contribution in [0.2, 0.25) is 0 Å². The lowest BCUT2D eigenvalue weighted by Gasteiger charge is -2.21. The van der Waals surface area contributed by atoms with Crippen LogP contribution in [0.5, 0.6) is 0 Å². The summed E-state index contributed by atoms with van der Waals surface area (Å²) in [6.07, 6.45) is 1.45. The number of para-hydroxylation sites is 2. The molecule has 0 fully saturated rings. The molecule has 1 aromatic heterocycles. The van der Waals surface area contributed by atoms with E-state index in [0.717, 1.165) is 22.1 Å². The van der Waals surface area contributed by atoms with E-state index in [1.54, 1.807) is 0 Å². The van der Waals surface area contributed by atoms with Gasteiger partial charge < -0.3 is 14.0 Å². The van der Waals surface area contributed by atoms with Gasteiger partial charge >= 0.3 is 0 Å². The van der Waals surface area contributed by atoms with Crippen molar-refractivity contribution in [2.24, 2.45) is 0 Å². The molecule has 0 unspecified atom stereocenters. The van der Waals surface area contributed by atoms with E-state index in [0.29, 0.717) is 0 Å². The molecule has 4 heteroatoms. The minimum Gasteiger partial charge on any atom is -0.443 e. The van der Waals surface area contributed by atoms with Gasteiger partial charge in [0.25, 0.3) is 0 Å². The Bertz CT molecular complexity index is 388. The molecule has 0 aliphatic heterocycles. The molecule has 0 atom stereocenters. The number of oxazole rings is 1. The molecule has 0 amide bonds. The van der Waals surface area contributed by atoms with Crippen molar-refractivity contribution >= 4 is 11.1 Å². The maximum Gasteiger partial charge on any atom is 0.181 e. The molecule has 2 aromatic rings. The van der Waals surface area contributed by atoms with Crippen molar-refractivity contribution in [2.45, 2.75) is 0 Å². The summed E-state index contributed by atoms with van der Waals surface area (Å²) in [5, 5.41) is 8.39. The monoisotopic (exact) mass is 223 g/mol. The molecular weight excluding hydrogens is 204 g/mol. The fraction of sp³-hybridized carbons (Fsp3) is 0.417. The van der Waals surface area contributed by atoms with Gasteiger partial charge in [-0.05, 0) is 12.1 Å². The van der Waals surface area contributed by atoms with Crippen LogP contribution in [0.25, 0.3) is 11.1 Å². The highest BCUT2D eigenvalue weighted by Crippen LogP contribution is 2.09. The van der Waals surface area contributed by atoms with E-state index in [1.165, 1.54) is 6.39 Å². The molecule has 0 saturated heterocycles. The summed E-state index contributed by atoms with van der Waals surface area (Å²) in [5.74, 6) is 0. The minimum absolute atomic E-state index is 0.281. The van der Waals surface area contributed by atoms with E-state index in [4.69, 9.17) is 9.52 Å². The Hall–Kier alpha value is -1.39. The van der Waals surface area contributed by atoms with Crippen LogP contribution in [-0.2, 0) is 0 Å². The molecule has 0 spiro atoms. The number of aromatic nitrogens is 1. The first-order chi connectivity index (χ1) is 7.53. The van der Waals surface area contributed by atoms with E-state index in [1.807, 2.05) is 24.3 Å². The first-order valence-electron chi connectivity index (χ1n) is 5.22. The number of quaternary nitrogens is 1. The predicted octanol–water partition coefficient (Wildman–Crippen LogP) is 1.51. The third kappa shape index (κ3) is 4.42. The molecule has 0 radical (unpaired) electrons. The summed E-state index contributed by atoms with van der Waals surface area (Å²) >= 11 is 0. The van der Waals surface area contributed by atoms with E-state index < -0.39 is 0 Å². The largest absolute Gasteiger partial charge is 0.443 e. The molecule has 1 heterocycles. The van der Waals surface area contributed by atoms with Crippen LogP contribution in [0.3, 0.4) is 0 Å². The zero-order valence-electron chi connectivity index (χ0n) is 10.1. The van der Waals surface area contributed by atoms with Gasteiger partial charge in [0.2, 0.25) is 0 Å². The highest BCUT2D eigenvalue weighted by Gasteiger charge is 2.02. The third-order valence-corrected chi connectivity index (χ3v) is 2.01. The molecule has 0 aliphatic carbocycles. The van der Waals surface area contributed by atoms with Crippen molar-refractivity contribution in [3.05, 3.63) is 30.7 Å². The van der Waals surface area contributed by atoms with Gasteiger partial charge in [0.05, 0.1) is 27.7 Å². The number of hydrogen-bond donors (Lipinski definition) is 1. The Morgan fingerprint density at radius 2 is 1.94 bits per heavy atom. The van der Waals surface area contributed by atoms with Crippen molar-refractivity contribution in [2.75, 3.05) is 34.3 Å². The summed E-state index contributed by atoms with van der Waals surface area (Å²) in [6, 6.07) is 7.67. The fourth-order valence-corrected chi connectivity index (χ4v) is 1.10. The number of benzene rings is 1. The van der Waals surface area contributed by atoms with Crippen molar-refractivity contribution in [1.82, 2.24) is 4.98 Å². The first-order valence-corrected chi connectivity index (χ1v) is 5.22.